The van der Waals surface area contributed by atoms with E-state index < -0.39 is 5.97 Å². The van der Waals surface area contributed by atoms with Gasteiger partial charge in [-0.15, -0.1) is 0 Å². The Labute approximate surface area is 196 Å². The molecule has 5 nitrogen and oxygen atoms in total. The van der Waals surface area contributed by atoms with E-state index in [1.807, 2.05) is 30.1 Å². The second kappa shape index (κ2) is 13.0. The van der Waals surface area contributed by atoms with E-state index in [1.54, 1.807) is 7.11 Å². The highest BCUT2D eigenvalue weighted by Crippen LogP contribution is 2.32. The van der Waals surface area contributed by atoms with Gasteiger partial charge in [0.2, 0.25) is 0 Å². The first-order valence-corrected chi connectivity index (χ1v) is 13.2. The zero-order valence-electron chi connectivity index (χ0n) is 19.6. The van der Waals surface area contributed by atoms with Crippen LogP contribution in [0.25, 0.3) is 10.9 Å². The molecule has 1 aliphatic rings. The standard InChI is InChI=1S/C26H38N2O3S/c1-3-32-17-5-15-28-16-13-20(22(19-28)8-11-26(29)30)6-4-7-21-12-14-27-25-10-9-23(31-2)18-24(21)25/h9-10,12,14,18,20,22H,3-8,11,13,15-17,19H2,1-2H3,(H,29,30). The maximum Gasteiger partial charge on any atom is 0.303 e. The first kappa shape index (κ1) is 24.8. The fraction of sp³-hybridized carbons (Fsp3) is 0.615. The minimum Gasteiger partial charge on any atom is -0.497 e. The summed E-state index contributed by atoms with van der Waals surface area (Å²) >= 11 is 2.01. The molecule has 1 aromatic carbocycles. The van der Waals surface area contributed by atoms with Crippen molar-refractivity contribution in [2.45, 2.75) is 51.9 Å². The van der Waals surface area contributed by atoms with Crippen LogP contribution in [0, 0.1) is 11.8 Å². The Kier molecular flexibility index (Phi) is 10.1. The lowest BCUT2D eigenvalue weighted by Crippen LogP contribution is -2.41. The number of ether oxygens (including phenoxy) is 1. The summed E-state index contributed by atoms with van der Waals surface area (Å²) in [5, 5.41) is 10.4. The number of carboxylic acids is 1. The summed E-state index contributed by atoms with van der Waals surface area (Å²) in [6, 6.07) is 8.19. The average Bonchev–Trinajstić information content (AvgIpc) is 2.81. The number of benzene rings is 1. The smallest absolute Gasteiger partial charge is 0.303 e. The van der Waals surface area contributed by atoms with Crippen LogP contribution >= 0.6 is 11.8 Å². The number of aromatic nitrogens is 1. The molecule has 1 N–H and O–H groups in total. The number of nitrogens with zero attached hydrogens (tertiary/aromatic N) is 2. The Bertz CT molecular complexity index is 860. The van der Waals surface area contributed by atoms with Crippen LogP contribution in [-0.2, 0) is 11.2 Å². The van der Waals surface area contributed by atoms with E-state index in [-0.39, 0.29) is 6.42 Å². The van der Waals surface area contributed by atoms with E-state index in [2.05, 4.69) is 28.9 Å². The van der Waals surface area contributed by atoms with E-state index in [4.69, 9.17) is 4.74 Å². The van der Waals surface area contributed by atoms with Crippen molar-refractivity contribution in [3.63, 3.8) is 0 Å². The molecule has 1 fully saturated rings. The molecule has 2 aromatic rings. The summed E-state index contributed by atoms with van der Waals surface area (Å²) in [7, 11) is 1.70. The lowest BCUT2D eigenvalue weighted by Gasteiger charge is -2.39. The number of hydrogen-bond donors (Lipinski definition) is 1. The highest BCUT2D eigenvalue weighted by atomic mass is 32.2. The summed E-state index contributed by atoms with van der Waals surface area (Å²) in [6.45, 7) is 5.57. The van der Waals surface area contributed by atoms with Gasteiger partial charge in [-0.3, -0.25) is 9.78 Å². The maximum atomic E-state index is 11.2. The number of carboxylic acid groups (broad SMARTS) is 1. The SMILES string of the molecule is CCSCCCN1CCC(CCCc2ccnc3ccc(OC)cc23)C(CCC(=O)O)C1. The first-order valence-electron chi connectivity index (χ1n) is 12.0. The summed E-state index contributed by atoms with van der Waals surface area (Å²) in [5.74, 6) is 3.72. The molecule has 1 aliphatic heterocycles. The van der Waals surface area contributed by atoms with Crippen molar-refractivity contribution in [3.05, 3.63) is 36.0 Å². The minimum atomic E-state index is -0.669. The number of aryl methyl sites for hydroxylation is 1. The van der Waals surface area contributed by atoms with Crippen LogP contribution in [0.5, 0.6) is 5.75 Å². The predicted molar refractivity (Wildman–Crippen MR) is 134 cm³/mol. The molecule has 2 heterocycles. The quantitative estimate of drug-likeness (QED) is 0.399. The van der Waals surface area contributed by atoms with Gasteiger partial charge in [-0.1, -0.05) is 6.92 Å². The lowest BCUT2D eigenvalue weighted by atomic mass is 9.79. The Balaban J connectivity index is 1.56. The van der Waals surface area contributed by atoms with E-state index in [1.165, 1.54) is 35.3 Å². The third kappa shape index (κ3) is 7.38. The molecule has 0 bridgehead atoms. The van der Waals surface area contributed by atoms with Crippen molar-refractivity contribution in [1.29, 1.82) is 0 Å². The molecule has 0 radical (unpaired) electrons. The molecular weight excluding hydrogens is 420 g/mol. The fourth-order valence-corrected chi connectivity index (χ4v) is 5.61. The van der Waals surface area contributed by atoms with Gasteiger partial charge in [0.05, 0.1) is 12.6 Å². The van der Waals surface area contributed by atoms with Crippen LogP contribution in [0.3, 0.4) is 0 Å². The molecule has 0 saturated carbocycles. The van der Waals surface area contributed by atoms with Crippen molar-refractivity contribution >= 4 is 28.6 Å². The van der Waals surface area contributed by atoms with Crippen LogP contribution in [0.2, 0.25) is 0 Å². The molecule has 0 amide bonds. The van der Waals surface area contributed by atoms with Gasteiger partial charge in [0.15, 0.2) is 0 Å². The number of likely N-dealkylation sites (tertiary alicyclic amines) is 1. The van der Waals surface area contributed by atoms with Gasteiger partial charge in [0.1, 0.15) is 5.75 Å². The van der Waals surface area contributed by atoms with Crippen molar-refractivity contribution in [1.82, 2.24) is 9.88 Å². The van der Waals surface area contributed by atoms with Gasteiger partial charge in [-0.25, -0.2) is 0 Å². The molecule has 6 heteroatoms. The second-order valence-corrected chi connectivity index (χ2v) is 10.2. The van der Waals surface area contributed by atoms with Gasteiger partial charge in [-0.05, 0) is 105 Å². The number of pyridine rings is 1. The van der Waals surface area contributed by atoms with E-state index in [9.17, 15) is 9.90 Å². The molecule has 176 valence electrons. The monoisotopic (exact) mass is 458 g/mol. The van der Waals surface area contributed by atoms with Gasteiger partial charge in [0.25, 0.3) is 0 Å². The first-order chi connectivity index (χ1) is 15.6. The van der Waals surface area contributed by atoms with Crippen LogP contribution in [0.15, 0.2) is 30.5 Å². The molecule has 2 atom stereocenters. The molecule has 2 unspecified atom stereocenters. The normalized spacial score (nSPS) is 19.3. The molecule has 0 aliphatic carbocycles. The predicted octanol–water partition coefficient (Wildman–Crippen LogP) is 5.51. The zero-order valence-corrected chi connectivity index (χ0v) is 20.4. The van der Waals surface area contributed by atoms with Crippen molar-refractivity contribution in [2.24, 2.45) is 11.8 Å². The molecule has 3 rings (SSSR count). The van der Waals surface area contributed by atoms with Gasteiger partial charge < -0.3 is 14.7 Å². The van der Waals surface area contributed by atoms with Crippen LogP contribution in [0.4, 0.5) is 0 Å². The Morgan fingerprint density at radius 1 is 1.25 bits per heavy atom. The van der Waals surface area contributed by atoms with Crippen molar-refractivity contribution in [2.75, 3.05) is 38.2 Å². The largest absolute Gasteiger partial charge is 0.497 e. The van der Waals surface area contributed by atoms with Crippen molar-refractivity contribution < 1.29 is 14.6 Å². The summed E-state index contributed by atoms with van der Waals surface area (Å²) in [5.41, 5.74) is 2.33. The zero-order chi connectivity index (χ0) is 22.8. The Hall–Kier alpha value is -1.79. The number of aliphatic carboxylic acids is 1. The summed E-state index contributed by atoms with van der Waals surface area (Å²) in [4.78, 5) is 18.3. The number of thioether (sulfide) groups is 1. The highest BCUT2D eigenvalue weighted by Gasteiger charge is 2.29. The average molecular weight is 459 g/mol. The van der Waals surface area contributed by atoms with Crippen LogP contribution < -0.4 is 4.74 Å². The minimum absolute atomic E-state index is 0.287. The van der Waals surface area contributed by atoms with E-state index in [0.29, 0.717) is 11.8 Å². The summed E-state index contributed by atoms with van der Waals surface area (Å²) < 4.78 is 5.41. The number of hydrogen-bond acceptors (Lipinski definition) is 5. The van der Waals surface area contributed by atoms with Gasteiger partial charge >= 0.3 is 5.97 Å². The summed E-state index contributed by atoms with van der Waals surface area (Å²) in [6.07, 6.45) is 8.71. The lowest BCUT2D eigenvalue weighted by molar-refractivity contribution is -0.137. The number of methoxy groups -OCH3 is 1. The molecule has 32 heavy (non-hydrogen) atoms. The number of fused-ring (bicyclic) bond motifs is 1. The highest BCUT2D eigenvalue weighted by molar-refractivity contribution is 7.99. The maximum absolute atomic E-state index is 11.2. The topological polar surface area (TPSA) is 62.7 Å². The fourth-order valence-electron chi connectivity index (χ4n) is 4.99. The molecular formula is C26H38N2O3S. The third-order valence-corrected chi connectivity index (χ3v) is 7.72. The van der Waals surface area contributed by atoms with Gasteiger partial charge in [-0.2, -0.15) is 11.8 Å². The van der Waals surface area contributed by atoms with Crippen LogP contribution in [0.1, 0.15) is 51.0 Å². The number of piperidine rings is 1. The molecule has 0 spiro atoms. The number of carbonyl (C=O) groups is 1. The third-order valence-electron chi connectivity index (χ3n) is 6.73. The second-order valence-electron chi connectivity index (χ2n) is 8.84. The number of rotatable bonds is 13. The van der Waals surface area contributed by atoms with E-state index >= 15 is 0 Å². The van der Waals surface area contributed by atoms with Crippen LogP contribution in [-0.4, -0.2) is 59.2 Å². The molecule has 1 saturated heterocycles. The van der Waals surface area contributed by atoms with Crippen molar-refractivity contribution in [3.8, 4) is 5.75 Å². The Morgan fingerprint density at radius 3 is 2.91 bits per heavy atom. The Morgan fingerprint density at radius 2 is 2.12 bits per heavy atom. The molecule has 1 aromatic heterocycles. The van der Waals surface area contributed by atoms with E-state index in [0.717, 1.165) is 56.6 Å². The van der Waals surface area contributed by atoms with Gasteiger partial charge in [0, 0.05) is 24.5 Å².